The van der Waals surface area contributed by atoms with Crippen molar-refractivity contribution in [1.29, 1.82) is 0 Å². The zero-order valence-electron chi connectivity index (χ0n) is 11.0. The van der Waals surface area contributed by atoms with Crippen LogP contribution in [-0.4, -0.2) is 23.4 Å². The molecule has 96 valence electrons. The van der Waals surface area contributed by atoms with Gasteiger partial charge >= 0.3 is 0 Å². The summed E-state index contributed by atoms with van der Waals surface area (Å²) in [5, 5.41) is 8.56. The average molecular weight is 256 g/mol. The lowest BCUT2D eigenvalue weighted by Gasteiger charge is -2.28. The molecule has 0 unspecified atom stereocenters. The SMILES string of the molecule is CNCC1(Cc2c(C)nn(C)c2Cl)CCCC1. The van der Waals surface area contributed by atoms with Crippen LogP contribution in [0.5, 0.6) is 0 Å². The van der Waals surface area contributed by atoms with Crippen LogP contribution in [0.1, 0.15) is 36.9 Å². The van der Waals surface area contributed by atoms with Crippen molar-refractivity contribution in [3.05, 3.63) is 16.4 Å². The van der Waals surface area contributed by atoms with Crippen molar-refractivity contribution in [3.8, 4) is 0 Å². The van der Waals surface area contributed by atoms with Crippen LogP contribution in [-0.2, 0) is 13.5 Å². The highest BCUT2D eigenvalue weighted by molar-refractivity contribution is 6.30. The second-order valence-corrected chi connectivity index (χ2v) is 5.75. The van der Waals surface area contributed by atoms with E-state index < -0.39 is 0 Å². The molecule has 0 spiro atoms. The molecule has 1 N–H and O–H groups in total. The van der Waals surface area contributed by atoms with Gasteiger partial charge in [-0.3, -0.25) is 4.68 Å². The van der Waals surface area contributed by atoms with Crippen LogP contribution >= 0.6 is 11.6 Å². The minimum absolute atomic E-state index is 0.395. The second kappa shape index (κ2) is 4.99. The van der Waals surface area contributed by atoms with Crippen LogP contribution in [0.25, 0.3) is 0 Å². The summed E-state index contributed by atoms with van der Waals surface area (Å²) in [7, 11) is 3.95. The number of aryl methyl sites for hydroxylation is 2. The van der Waals surface area contributed by atoms with Gasteiger partial charge in [0, 0.05) is 19.2 Å². The first-order valence-corrected chi connectivity index (χ1v) is 6.78. The molecule has 0 aliphatic heterocycles. The van der Waals surface area contributed by atoms with Crippen LogP contribution < -0.4 is 5.32 Å². The maximum atomic E-state index is 6.33. The van der Waals surface area contributed by atoms with Gasteiger partial charge in [0.1, 0.15) is 5.15 Å². The topological polar surface area (TPSA) is 29.9 Å². The lowest BCUT2D eigenvalue weighted by Crippen LogP contribution is -2.32. The number of halogens is 1. The molecular formula is C13H22ClN3. The minimum atomic E-state index is 0.395. The van der Waals surface area contributed by atoms with E-state index in [1.165, 1.54) is 31.2 Å². The second-order valence-electron chi connectivity index (χ2n) is 5.39. The normalized spacial score (nSPS) is 18.8. The van der Waals surface area contributed by atoms with Gasteiger partial charge in [0.15, 0.2) is 0 Å². The highest BCUT2D eigenvalue weighted by atomic mass is 35.5. The van der Waals surface area contributed by atoms with Gasteiger partial charge in [-0.2, -0.15) is 5.10 Å². The van der Waals surface area contributed by atoms with Crippen LogP contribution in [0, 0.1) is 12.3 Å². The Balaban J connectivity index is 2.23. The van der Waals surface area contributed by atoms with E-state index in [1.807, 2.05) is 14.1 Å². The van der Waals surface area contributed by atoms with Gasteiger partial charge in [0.25, 0.3) is 0 Å². The summed E-state index contributed by atoms with van der Waals surface area (Å²) in [6, 6.07) is 0. The maximum Gasteiger partial charge on any atom is 0.130 e. The zero-order valence-corrected chi connectivity index (χ0v) is 11.8. The molecule has 0 amide bonds. The Morgan fingerprint density at radius 1 is 1.41 bits per heavy atom. The van der Waals surface area contributed by atoms with E-state index in [2.05, 4.69) is 17.3 Å². The first-order valence-electron chi connectivity index (χ1n) is 6.40. The third kappa shape index (κ3) is 2.50. The van der Waals surface area contributed by atoms with Crippen molar-refractivity contribution < 1.29 is 0 Å². The van der Waals surface area contributed by atoms with E-state index in [1.54, 1.807) is 4.68 Å². The third-order valence-electron chi connectivity index (χ3n) is 4.04. The molecule has 1 aliphatic carbocycles. The van der Waals surface area contributed by atoms with Crippen molar-refractivity contribution in [2.45, 2.75) is 39.0 Å². The van der Waals surface area contributed by atoms with Gasteiger partial charge in [-0.25, -0.2) is 0 Å². The van der Waals surface area contributed by atoms with E-state index in [0.29, 0.717) is 5.41 Å². The van der Waals surface area contributed by atoms with Crippen molar-refractivity contribution in [2.24, 2.45) is 12.5 Å². The standard InChI is InChI=1S/C13H22ClN3/c1-10-11(12(14)17(3)16-10)8-13(9-15-2)6-4-5-7-13/h15H,4-9H2,1-3H3. The molecule has 0 bridgehead atoms. The molecule has 0 atom stereocenters. The molecule has 1 saturated carbocycles. The lowest BCUT2D eigenvalue weighted by molar-refractivity contribution is 0.285. The highest BCUT2D eigenvalue weighted by Gasteiger charge is 2.35. The van der Waals surface area contributed by atoms with E-state index in [-0.39, 0.29) is 0 Å². The number of nitrogens with zero attached hydrogens (tertiary/aromatic N) is 2. The Morgan fingerprint density at radius 3 is 2.53 bits per heavy atom. The molecule has 0 saturated heterocycles. The van der Waals surface area contributed by atoms with Crippen LogP contribution in [0.4, 0.5) is 0 Å². The first kappa shape index (κ1) is 12.9. The summed E-state index contributed by atoms with van der Waals surface area (Å²) in [6.45, 7) is 3.14. The molecule has 17 heavy (non-hydrogen) atoms. The molecule has 1 heterocycles. The number of rotatable bonds is 4. The first-order chi connectivity index (χ1) is 8.08. The summed E-state index contributed by atoms with van der Waals surface area (Å²) >= 11 is 6.33. The summed E-state index contributed by atoms with van der Waals surface area (Å²) < 4.78 is 1.79. The molecule has 0 aromatic carbocycles. The Kier molecular flexibility index (Phi) is 3.79. The van der Waals surface area contributed by atoms with Crippen molar-refractivity contribution in [3.63, 3.8) is 0 Å². The Morgan fingerprint density at radius 2 is 2.06 bits per heavy atom. The van der Waals surface area contributed by atoms with Crippen molar-refractivity contribution in [1.82, 2.24) is 15.1 Å². The smallest absolute Gasteiger partial charge is 0.130 e. The van der Waals surface area contributed by atoms with Gasteiger partial charge < -0.3 is 5.32 Å². The Labute approximate surface area is 109 Å². The van der Waals surface area contributed by atoms with Crippen LogP contribution in [0.3, 0.4) is 0 Å². The van der Waals surface area contributed by atoms with Crippen LogP contribution in [0.2, 0.25) is 5.15 Å². The van der Waals surface area contributed by atoms with Gasteiger partial charge in [0.05, 0.1) is 5.69 Å². The van der Waals surface area contributed by atoms with E-state index in [9.17, 15) is 0 Å². The fraction of sp³-hybridized carbons (Fsp3) is 0.769. The highest BCUT2D eigenvalue weighted by Crippen LogP contribution is 2.42. The predicted octanol–water partition coefficient (Wildman–Crippen LogP) is 2.70. The number of nitrogens with one attached hydrogen (secondary N) is 1. The van der Waals surface area contributed by atoms with E-state index in [0.717, 1.165) is 23.8 Å². The zero-order chi connectivity index (χ0) is 12.5. The molecule has 3 nitrogen and oxygen atoms in total. The molecule has 0 radical (unpaired) electrons. The molecular weight excluding hydrogens is 234 g/mol. The predicted molar refractivity (Wildman–Crippen MR) is 71.5 cm³/mol. The fourth-order valence-corrected chi connectivity index (χ4v) is 3.41. The van der Waals surface area contributed by atoms with Gasteiger partial charge in [-0.15, -0.1) is 0 Å². The number of hydrogen-bond donors (Lipinski definition) is 1. The maximum absolute atomic E-state index is 6.33. The molecule has 1 aliphatic rings. The number of aromatic nitrogens is 2. The molecule has 1 fully saturated rings. The summed E-state index contributed by atoms with van der Waals surface area (Å²) in [5.74, 6) is 0. The molecule has 4 heteroatoms. The monoisotopic (exact) mass is 255 g/mol. The Bertz CT molecular complexity index is 392. The fourth-order valence-electron chi connectivity index (χ4n) is 3.17. The average Bonchev–Trinajstić information content (AvgIpc) is 2.82. The van der Waals surface area contributed by atoms with E-state index in [4.69, 9.17) is 11.6 Å². The summed E-state index contributed by atoms with van der Waals surface area (Å²) in [4.78, 5) is 0. The quantitative estimate of drug-likeness (QED) is 0.897. The van der Waals surface area contributed by atoms with Gasteiger partial charge in [0.2, 0.25) is 0 Å². The Hall–Kier alpha value is -0.540. The lowest BCUT2D eigenvalue weighted by atomic mass is 9.80. The van der Waals surface area contributed by atoms with Crippen molar-refractivity contribution >= 4 is 11.6 Å². The van der Waals surface area contributed by atoms with E-state index >= 15 is 0 Å². The van der Waals surface area contributed by atoms with Crippen molar-refractivity contribution in [2.75, 3.05) is 13.6 Å². The molecule has 1 aromatic rings. The molecule has 2 rings (SSSR count). The summed E-state index contributed by atoms with van der Waals surface area (Å²) in [6.07, 6.45) is 6.36. The van der Waals surface area contributed by atoms with Crippen LogP contribution in [0.15, 0.2) is 0 Å². The molecule has 1 aromatic heterocycles. The largest absolute Gasteiger partial charge is 0.319 e. The van der Waals surface area contributed by atoms with Gasteiger partial charge in [-0.05, 0) is 38.6 Å². The number of hydrogen-bond acceptors (Lipinski definition) is 2. The minimum Gasteiger partial charge on any atom is -0.319 e. The van der Waals surface area contributed by atoms with Gasteiger partial charge in [-0.1, -0.05) is 24.4 Å². The third-order valence-corrected chi connectivity index (χ3v) is 4.51. The summed E-state index contributed by atoms with van der Waals surface area (Å²) in [5.41, 5.74) is 2.72.